The molecule has 0 atom stereocenters. The van der Waals surface area contributed by atoms with Crippen molar-refractivity contribution in [1.82, 2.24) is 0 Å². The molecule has 0 fully saturated rings. The summed E-state index contributed by atoms with van der Waals surface area (Å²) in [7, 11) is -0.123. The van der Waals surface area contributed by atoms with E-state index < -0.39 is 0 Å². The zero-order chi connectivity index (χ0) is 5.70. The lowest BCUT2D eigenvalue weighted by molar-refractivity contribution is 1.97. The Kier molecular flexibility index (Phi) is 4.37. The number of terminal acetylenes is 1. The quantitative estimate of drug-likeness (QED) is 0.403. The van der Waals surface area contributed by atoms with E-state index in [1.165, 1.54) is 0 Å². The molecule has 0 aromatic rings. The van der Waals surface area contributed by atoms with Crippen LogP contribution in [-0.4, -0.2) is 13.7 Å². The largest absolute Gasteiger partial charge is 0.175 e. The standard InChI is InChI=1S/C5H9SSi/c1-4-5-6-7(2)3/h1H,5H2,2-3H3. The zero-order valence-corrected chi connectivity index (χ0v) is 6.51. The van der Waals surface area contributed by atoms with Gasteiger partial charge in [-0.25, -0.2) is 0 Å². The van der Waals surface area contributed by atoms with Crippen LogP contribution < -0.4 is 0 Å². The van der Waals surface area contributed by atoms with E-state index >= 15 is 0 Å². The van der Waals surface area contributed by atoms with Crippen molar-refractivity contribution in [1.29, 1.82) is 0 Å². The highest BCUT2D eigenvalue weighted by Crippen LogP contribution is 2.02. The average Bonchev–Trinajstić information content (AvgIpc) is 1.61. The fraction of sp³-hybridized carbons (Fsp3) is 0.600. The topological polar surface area (TPSA) is 0 Å². The second kappa shape index (κ2) is 4.29. The van der Waals surface area contributed by atoms with Gasteiger partial charge in [-0.2, -0.15) is 11.2 Å². The molecule has 0 nitrogen and oxygen atoms in total. The van der Waals surface area contributed by atoms with Crippen LogP contribution in [0.2, 0.25) is 13.1 Å². The van der Waals surface area contributed by atoms with Crippen LogP contribution in [-0.2, 0) is 0 Å². The Morgan fingerprint density at radius 3 is 2.43 bits per heavy atom. The van der Waals surface area contributed by atoms with E-state index in [0.29, 0.717) is 0 Å². The van der Waals surface area contributed by atoms with Crippen LogP contribution in [0.15, 0.2) is 0 Å². The van der Waals surface area contributed by atoms with Crippen LogP contribution in [0.3, 0.4) is 0 Å². The Morgan fingerprint density at radius 1 is 1.71 bits per heavy atom. The third-order valence-corrected chi connectivity index (χ3v) is 3.50. The molecule has 0 saturated heterocycles. The van der Waals surface area contributed by atoms with Crippen LogP contribution in [0.25, 0.3) is 0 Å². The molecule has 0 rings (SSSR count). The Labute approximate surface area is 50.9 Å². The molecule has 0 amide bonds. The maximum absolute atomic E-state index is 5.02. The lowest BCUT2D eigenvalue weighted by Gasteiger charge is -1.93. The Balaban J connectivity index is 2.86. The molecule has 0 bridgehead atoms. The third-order valence-electron chi connectivity index (χ3n) is 0.444. The van der Waals surface area contributed by atoms with Crippen LogP contribution in [0.4, 0.5) is 0 Å². The molecule has 0 aromatic carbocycles. The van der Waals surface area contributed by atoms with Crippen molar-refractivity contribution in [2.24, 2.45) is 0 Å². The van der Waals surface area contributed by atoms with E-state index in [1.807, 2.05) is 11.2 Å². The van der Waals surface area contributed by atoms with Crippen molar-refractivity contribution in [2.75, 3.05) is 5.75 Å². The summed E-state index contributed by atoms with van der Waals surface area (Å²) in [5.74, 6) is 3.48. The Morgan fingerprint density at radius 2 is 2.29 bits per heavy atom. The van der Waals surface area contributed by atoms with Gasteiger partial charge in [0.2, 0.25) is 0 Å². The molecular weight excluding hydrogens is 120 g/mol. The molecule has 0 spiro atoms. The van der Waals surface area contributed by atoms with Gasteiger partial charge in [0.15, 0.2) is 0 Å². The van der Waals surface area contributed by atoms with Crippen LogP contribution in [0.1, 0.15) is 0 Å². The van der Waals surface area contributed by atoms with Gasteiger partial charge in [-0.3, -0.25) is 0 Å². The second-order valence-corrected chi connectivity index (χ2v) is 7.11. The van der Waals surface area contributed by atoms with Gasteiger partial charge in [-0.15, -0.1) is 6.42 Å². The Hall–Kier alpha value is 0.127. The normalized spacial score (nSPS) is 8.86. The predicted octanol–water partition coefficient (Wildman–Crippen LogP) is 1.60. The molecule has 0 aliphatic rings. The van der Waals surface area contributed by atoms with Gasteiger partial charge in [0, 0.05) is 5.75 Å². The molecule has 1 radical (unpaired) electrons. The predicted molar refractivity (Wildman–Crippen MR) is 38.8 cm³/mol. The minimum Gasteiger partial charge on any atom is -0.175 e. The molecule has 2 heteroatoms. The van der Waals surface area contributed by atoms with E-state index in [9.17, 15) is 0 Å². The molecule has 0 aliphatic heterocycles. The summed E-state index contributed by atoms with van der Waals surface area (Å²) in [5, 5.41) is 0. The van der Waals surface area contributed by atoms with E-state index in [4.69, 9.17) is 6.42 Å². The summed E-state index contributed by atoms with van der Waals surface area (Å²) >= 11 is 1.90. The average molecular weight is 129 g/mol. The van der Waals surface area contributed by atoms with Gasteiger partial charge >= 0.3 is 0 Å². The van der Waals surface area contributed by atoms with Crippen LogP contribution >= 0.6 is 11.2 Å². The van der Waals surface area contributed by atoms with Crippen LogP contribution in [0.5, 0.6) is 0 Å². The maximum atomic E-state index is 5.02. The summed E-state index contributed by atoms with van der Waals surface area (Å²) in [6.07, 6.45) is 5.02. The number of hydrogen-bond acceptors (Lipinski definition) is 1. The van der Waals surface area contributed by atoms with E-state index in [0.717, 1.165) is 5.75 Å². The highest BCUT2D eigenvalue weighted by Gasteiger charge is 1.90. The molecule has 39 valence electrons. The first kappa shape index (κ1) is 7.13. The lowest BCUT2D eigenvalue weighted by atomic mass is 10.8. The highest BCUT2D eigenvalue weighted by atomic mass is 32.4. The summed E-state index contributed by atoms with van der Waals surface area (Å²) in [4.78, 5) is 0. The smallest absolute Gasteiger partial charge is 0.116 e. The van der Waals surface area contributed by atoms with E-state index in [1.54, 1.807) is 0 Å². The first-order valence-electron chi connectivity index (χ1n) is 2.14. The summed E-state index contributed by atoms with van der Waals surface area (Å²) in [5.41, 5.74) is 0. The third kappa shape index (κ3) is 6.13. The summed E-state index contributed by atoms with van der Waals surface area (Å²) in [6, 6.07) is 0. The van der Waals surface area contributed by atoms with Gasteiger partial charge in [0.25, 0.3) is 0 Å². The maximum Gasteiger partial charge on any atom is 0.116 e. The van der Waals surface area contributed by atoms with Gasteiger partial charge in [-0.1, -0.05) is 19.0 Å². The first-order valence-corrected chi connectivity index (χ1v) is 6.35. The molecule has 0 unspecified atom stereocenters. The molecule has 7 heavy (non-hydrogen) atoms. The van der Waals surface area contributed by atoms with Crippen molar-refractivity contribution in [3.05, 3.63) is 0 Å². The molecule has 0 aliphatic carbocycles. The molecule has 0 heterocycles. The van der Waals surface area contributed by atoms with Crippen molar-refractivity contribution < 1.29 is 0 Å². The van der Waals surface area contributed by atoms with Crippen molar-refractivity contribution >= 4 is 19.2 Å². The molecule has 0 aromatic heterocycles. The molecule has 0 N–H and O–H groups in total. The minimum absolute atomic E-state index is 0.123. The summed E-state index contributed by atoms with van der Waals surface area (Å²) < 4.78 is 0. The lowest BCUT2D eigenvalue weighted by Crippen LogP contribution is -1.91. The number of hydrogen-bond donors (Lipinski definition) is 0. The fourth-order valence-electron chi connectivity index (χ4n) is 0.186. The fourth-order valence-corrected chi connectivity index (χ4v) is 1.67. The Bertz CT molecular complexity index is 72.6. The van der Waals surface area contributed by atoms with Crippen molar-refractivity contribution in [3.8, 4) is 12.3 Å². The van der Waals surface area contributed by atoms with E-state index in [2.05, 4.69) is 19.0 Å². The van der Waals surface area contributed by atoms with E-state index in [-0.39, 0.29) is 7.95 Å². The zero-order valence-electron chi connectivity index (χ0n) is 4.69. The van der Waals surface area contributed by atoms with Gasteiger partial charge < -0.3 is 0 Å². The SMILES string of the molecule is C#CCS[Si](C)C. The van der Waals surface area contributed by atoms with Crippen LogP contribution in [0, 0.1) is 12.3 Å². The van der Waals surface area contributed by atoms with Gasteiger partial charge in [-0.05, 0) is 0 Å². The van der Waals surface area contributed by atoms with Crippen molar-refractivity contribution in [3.63, 3.8) is 0 Å². The molecule has 0 saturated carbocycles. The second-order valence-electron chi connectivity index (χ2n) is 1.40. The molecular formula is C5H9SSi. The summed E-state index contributed by atoms with van der Waals surface area (Å²) in [6.45, 7) is 4.49. The highest BCUT2D eigenvalue weighted by molar-refractivity contribution is 8.25. The van der Waals surface area contributed by atoms with Gasteiger partial charge in [0.1, 0.15) is 7.95 Å². The number of rotatable bonds is 2. The van der Waals surface area contributed by atoms with Crippen molar-refractivity contribution in [2.45, 2.75) is 13.1 Å². The van der Waals surface area contributed by atoms with Gasteiger partial charge in [0.05, 0.1) is 0 Å². The first-order chi connectivity index (χ1) is 3.27. The monoisotopic (exact) mass is 129 g/mol. The minimum atomic E-state index is -0.123.